The molecule has 0 atom stereocenters. The molecule has 4 rings (SSSR count). The molecule has 0 aliphatic carbocycles. The summed E-state index contributed by atoms with van der Waals surface area (Å²) in [6, 6.07) is 4.97. The highest BCUT2D eigenvalue weighted by molar-refractivity contribution is 6.31. The first-order valence-corrected chi connectivity index (χ1v) is 9.09. The lowest BCUT2D eigenvalue weighted by atomic mass is 10.2. The van der Waals surface area contributed by atoms with Gasteiger partial charge in [-0.3, -0.25) is 4.79 Å². The average Bonchev–Trinajstić information content (AvgIpc) is 3.40. The zero-order valence-corrected chi connectivity index (χ0v) is 16.7. The Kier molecular flexibility index (Phi) is 4.95. The molecule has 0 fully saturated rings. The molecule has 4 heterocycles. The minimum Gasteiger partial charge on any atom is -0.322 e. The van der Waals surface area contributed by atoms with Crippen molar-refractivity contribution in [2.75, 3.05) is 5.32 Å². The van der Waals surface area contributed by atoms with Gasteiger partial charge < -0.3 is 5.32 Å². The Hall–Kier alpha value is -4.10. The largest absolute Gasteiger partial charge is 0.322 e. The first-order chi connectivity index (χ1) is 14.5. The Morgan fingerprint density at radius 2 is 1.93 bits per heavy atom. The number of nitrogens with one attached hydrogen (secondary N) is 1. The third-order valence-electron chi connectivity index (χ3n) is 4.31. The van der Waals surface area contributed by atoms with E-state index in [9.17, 15) is 4.79 Å². The van der Waals surface area contributed by atoms with Crippen molar-refractivity contribution in [1.82, 2.24) is 34.7 Å². The molecule has 0 spiro atoms. The fourth-order valence-electron chi connectivity index (χ4n) is 2.79. The monoisotopic (exact) mass is 419 g/mol. The molecule has 0 aliphatic heterocycles. The number of pyridine rings is 2. The molecule has 11 heteroatoms. The van der Waals surface area contributed by atoms with Crippen LogP contribution in [-0.2, 0) is 0 Å². The third-order valence-corrected chi connectivity index (χ3v) is 4.71. The lowest BCUT2D eigenvalue weighted by Crippen LogP contribution is -2.14. The molecular formula is C19H14ClN9O. The number of aryl methyl sites for hydroxylation is 1. The first kappa shape index (κ1) is 19.2. The Morgan fingerprint density at radius 1 is 1.17 bits per heavy atom. The van der Waals surface area contributed by atoms with Crippen LogP contribution in [0.1, 0.15) is 21.7 Å². The van der Waals surface area contributed by atoms with Crippen molar-refractivity contribution in [3.8, 4) is 11.6 Å². The van der Waals surface area contributed by atoms with E-state index in [-0.39, 0.29) is 17.4 Å². The number of rotatable bonds is 4. The Morgan fingerprint density at radius 3 is 2.63 bits per heavy atom. The highest BCUT2D eigenvalue weighted by atomic mass is 35.5. The number of aromatic nitrogens is 7. The van der Waals surface area contributed by atoms with Crippen molar-refractivity contribution >= 4 is 28.9 Å². The summed E-state index contributed by atoms with van der Waals surface area (Å²) in [5.41, 5.74) is 2.22. The van der Waals surface area contributed by atoms with Crippen LogP contribution in [0.3, 0.4) is 0 Å². The normalized spacial score (nSPS) is 10.6. The van der Waals surface area contributed by atoms with Gasteiger partial charge in [0.15, 0.2) is 11.6 Å². The highest BCUT2D eigenvalue weighted by Gasteiger charge is 2.17. The smallest absolute Gasteiger partial charge is 0.259 e. The van der Waals surface area contributed by atoms with Crippen LogP contribution in [0, 0.1) is 20.4 Å². The average molecular weight is 420 g/mol. The van der Waals surface area contributed by atoms with E-state index >= 15 is 0 Å². The molecule has 0 unspecified atom stereocenters. The summed E-state index contributed by atoms with van der Waals surface area (Å²) < 4.78 is 1.56. The number of hydrogen-bond acceptors (Lipinski definition) is 6. The van der Waals surface area contributed by atoms with Gasteiger partial charge in [-0.15, -0.1) is 4.80 Å². The maximum Gasteiger partial charge on any atom is 0.259 e. The molecule has 0 aromatic carbocycles. The van der Waals surface area contributed by atoms with Crippen LogP contribution >= 0.6 is 11.6 Å². The molecule has 1 N–H and O–H groups in total. The predicted molar refractivity (Wildman–Crippen MR) is 109 cm³/mol. The van der Waals surface area contributed by atoms with E-state index < -0.39 is 0 Å². The molecular weight excluding hydrogens is 406 g/mol. The number of anilines is 1. The van der Waals surface area contributed by atoms with Crippen LogP contribution in [0.15, 0.2) is 43.0 Å². The van der Waals surface area contributed by atoms with Crippen LogP contribution in [0.5, 0.6) is 0 Å². The predicted octanol–water partition coefficient (Wildman–Crippen LogP) is 3.32. The topological polar surface area (TPSA) is 108 Å². The summed E-state index contributed by atoms with van der Waals surface area (Å²) in [7, 11) is 0. The van der Waals surface area contributed by atoms with Crippen molar-refractivity contribution in [3.05, 3.63) is 76.4 Å². The standard InChI is InChI=1S/C19H14ClN9O/c1-11-15(20)4-5-17(26-11)28-12(2)14(10-25-28)19(30)27-13-8-16(21-3)18(22-9-13)29-23-6-7-24-29/h4-10H,1-2H3,(H,27,30). The highest BCUT2D eigenvalue weighted by Crippen LogP contribution is 2.24. The fourth-order valence-corrected chi connectivity index (χ4v) is 2.89. The molecule has 1 amide bonds. The van der Waals surface area contributed by atoms with Gasteiger partial charge in [0.1, 0.15) is 0 Å². The number of carbonyl (C=O) groups excluding carboxylic acids is 1. The molecule has 30 heavy (non-hydrogen) atoms. The summed E-state index contributed by atoms with van der Waals surface area (Å²) in [6.45, 7) is 10.9. The lowest BCUT2D eigenvalue weighted by Gasteiger charge is -2.08. The van der Waals surface area contributed by atoms with Gasteiger partial charge in [-0.05, 0) is 32.0 Å². The van der Waals surface area contributed by atoms with Gasteiger partial charge in [0.05, 0.1) is 53.3 Å². The van der Waals surface area contributed by atoms with E-state index in [1.807, 2.05) is 0 Å². The Bertz CT molecular complexity index is 1290. The van der Waals surface area contributed by atoms with E-state index in [4.69, 9.17) is 18.2 Å². The number of halogens is 1. The molecule has 0 aliphatic rings. The second-order valence-electron chi connectivity index (χ2n) is 6.24. The van der Waals surface area contributed by atoms with Crippen molar-refractivity contribution in [1.29, 1.82) is 0 Å². The van der Waals surface area contributed by atoms with E-state index in [0.717, 1.165) is 0 Å². The molecule has 0 saturated carbocycles. The van der Waals surface area contributed by atoms with Gasteiger partial charge in [-0.25, -0.2) is 19.5 Å². The van der Waals surface area contributed by atoms with E-state index in [1.165, 1.54) is 35.7 Å². The Labute approximate surface area is 176 Å². The Balaban J connectivity index is 1.60. The zero-order valence-electron chi connectivity index (χ0n) is 15.9. The minimum absolute atomic E-state index is 0.206. The number of nitrogens with zero attached hydrogens (tertiary/aromatic N) is 8. The summed E-state index contributed by atoms with van der Waals surface area (Å²) in [4.78, 5) is 26.1. The summed E-state index contributed by atoms with van der Waals surface area (Å²) in [5, 5.41) is 15.5. The molecule has 0 saturated heterocycles. The molecule has 4 aromatic heterocycles. The number of carbonyl (C=O) groups is 1. The summed E-state index contributed by atoms with van der Waals surface area (Å²) >= 11 is 6.03. The van der Waals surface area contributed by atoms with E-state index in [0.29, 0.717) is 33.5 Å². The maximum absolute atomic E-state index is 12.8. The van der Waals surface area contributed by atoms with Crippen LogP contribution in [0.2, 0.25) is 5.02 Å². The van der Waals surface area contributed by atoms with Gasteiger partial charge in [0, 0.05) is 5.69 Å². The second-order valence-corrected chi connectivity index (χ2v) is 6.65. The van der Waals surface area contributed by atoms with Crippen LogP contribution in [0.4, 0.5) is 11.4 Å². The molecule has 0 radical (unpaired) electrons. The molecule has 10 nitrogen and oxygen atoms in total. The SMILES string of the molecule is [C-]#[N+]c1cc(NC(=O)c2cnn(-c3ccc(Cl)c(C)n3)c2C)cnc1-n1nccn1. The summed E-state index contributed by atoms with van der Waals surface area (Å²) in [6.07, 6.45) is 5.88. The van der Waals surface area contributed by atoms with Gasteiger partial charge in [0.25, 0.3) is 5.91 Å². The van der Waals surface area contributed by atoms with Gasteiger partial charge in [-0.1, -0.05) is 11.6 Å². The molecule has 148 valence electrons. The van der Waals surface area contributed by atoms with Crippen molar-refractivity contribution in [3.63, 3.8) is 0 Å². The quantitative estimate of drug-likeness (QED) is 0.508. The minimum atomic E-state index is -0.382. The lowest BCUT2D eigenvalue weighted by molar-refractivity contribution is 0.102. The second kappa shape index (κ2) is 7.73. The number of amides is 1. The molecule has 4 aromatic rings. The van der Waals surface area contributed by atoms with Crippen molar-refractivity contribution in [2.24, 2.45) is 0 Å². The van der Waals surface area contributed by atoms with Gasteiger partial charge >= 0.3 is 0 Å². The first-order valence-electron chi connectivity index (χ1n) is 8.71. The van der Waals surface area contributed by atoms with Crippen LogP contribution < -0.4 is 5.32 Å². The third kappa shape index (κ3) is 3.49. The van der Waals surface area contributed by atoms with Crippen molar-refractivity contribution < 1.29 is 4.79 Å². The van der Waals surface area contributed by atoms with Gasteiger partial charge in [0.2, 0.25) is 5.69 Å². The van der Waals surface area contributed by atoms with E-state index in [1.54, 1.807) is 30.7 Å². The zero-order chi connectivity index (χ0) is 21.3. The van der Waals surface area contributed by atoms with Crippen LogP contribution in [0.25, 0.3) is 16.5 Å². The number of hydrogen-bond donors (Lipinski definition) is 1. The molecule has 0 bridgehead atoms. The maximum atomic E-state index is 12.8. The van der Waals surface area contributed by atoms with E-state index in [2.05, 4.69) is 35.4 Å². The summed E-state index contributed by atoms with van der Waals surface area (Å²) in [5.74, 6) is 0.454. The fraction of sp³-hybridized carbons (Fsp3) is 0.105. The van der Waals surface area contributed by atoms with Gasteiger partial charge in [-0.2, -0.15) is 15.3 Å². The van der Waals surface area contributed by atoms with Crippen molar-refractivity contribution in [2.45, 2.75) is 13.8 Å². The van der Waals surface area contributed by atoms with Crippen LogP contribution in [-0.4, -0.2) is 40.6 Å².